The van der Waals surface area contributed by atoms with Crippen LogP contribution in [0.4, 0.5) is 0 Å². The molecule has 1 unspecified atom stereocenters. The minimum absolute atomic E-state index is 0.0501. The number of phenolic OH excluding ortho intramolecular Hbond substituents is 1. The lowest BCUT2D eigenvalue weighted by Gasteiger charge is -2.36. The third-order valence-electron chi connectivity index (χ3n) is 7.80. The number of aromatic hydroxyl groups is 1. The SMILES string of the molecule is CC(C)(C)OC(=O)CNC(Cc1ccc(O)cc1S(=O)(=O)c1nccc2ccccc12)C(=O)N1CCN(Cc2ccccc2)CC1. The predicted octanol–water partition coefficient (Wildman–Crippen LogP) is 3.96. The average Bonchev–Trinajstić information content (AvgIpc) is 3.03. The van der Waals surface area contributed by atoms with E-state index in [2.05, 4.69) is 27.3 Å². The number of pyridine rings is 1. The van der Waals surface area contributed by atoms with Crippen molar-refractivity contribution in [2.24, 2.45) is 0 Å². The van der Waals surface area contributed by atoms with Gasteiger partial charge in [0.25, 0.3) is 0 Å². The zero-order valence-corrected chi connectivity index (χ0v) is 27.2. The molecule has 0 spiro atoms. The van der Waals surface area contributed by atoms with Crippen molar-refractivity contribution in [3.63, 3.8) is 0 Å². The molecule has 1 fully saturated rings. The van der Waals surface area contributed by atoms with Gasteiger partial charge in [0.2, 0.25) is 15.7 Å². The van der Waals surface area contributed by atoms with Gasteiger partial charge in [-0.15, -0.1) is 0 Å². The average molecular weight is 645 g/mol. The van der Waals surface area contributed by atoms with Crippen LogP contribution in [-0.2, 0) is 37.1 Å². The number of carbonyl (C=O) groups is 2. The molecule has 0 radical (unpaired) electrons. The first-order valence-electron chi connectivity index (χ1n) is 15.3. The molecule has 242 valence electrons. The van der Waals surface area contributed by atoms with Crippen LogP contribution in [0.5, 0.6) is 5.75 Å². The highest BCUT2D eigenvalue weighted by Gasteiger charge is 2.32. The molecule has 4 aromatic rings. The Morgan fingerprint density at radius 3 is 2.37 bits per heavy atom. The first-order chi connectivity index (χ1) is 21.9. The summed E-state index contributed by atoms with van der Waals surface area (Å²) in [5.74, 6) is -1.01. The van der Waals surface area contributed by atoms with Gasteiger partial charge < -0.3 is 14.7 Å². The number of rotatable bonds is 10. The van der Waals surface area contributed by atoms with Crippen LogP contribution >= 0.6 is 0 Å². The molecule has 3 aromatic carbocycles. The Hall–Kier alpha value is -4.32. The van der Waals surface area contributed by atoms with Gasteiger partial charge in [-0.25, -0.2) is 13.4 Å². The van der Waals surface area contributed by atoms with Gasteiger partial charge >= 0.3 is 5.97 Å². The molecule has 1 amide bonds. The number of benzene rings is 3. The molecule has 5 rings (SSSR count). The molecule has 1 saturated heterocycles. The fourth-order valence-corrected chi connectivity index (χ4v) is 7.27. The number of amides is 1. The van der Waals surface area contributed by atoms with Crippen LogP contribution in [0.15, 0.2) is 95.0 Å². The van der Waals surface area contributed by atoms with Crippen molar-refractivity contribution in [3.8, 4) is 5.75 Å². The summed E-state index contributed by atoms with van der Waals surface area (Å²) in [6.07, 6.45) is 1.38. The number of ether oxygens (including phenoxy) is 1. The lowest BCUT2D eigenvalue weighted by Crippen LogP contribution is -2.55. The fourth-order valence-electron chi connectivity index (χ4n) is 5.61. The molecule has 10 nitrogen and oxygen atoms in total. The quantitative estimate of drug-likeness (QED) is 0.247. The van der Waals surface area contributed by atoms with E-state index in [1.54, 1.807) is 49.9 Å². The number of hydrogen-bond acceptors (Lipinski definition) is 9. The topological polar surface area (TPSA) is 129 Å². The van der Waals surface area contributed by atoms with Crippen molar-refractivity contribution in [2.45, 2.75) is 55.3 Å². The second kappa shape index (κ2) is 14.0. The van der Waals surface area contributed by atoms with E-state index >= 15 is 0 Å². The molecular formula is C35H40N4O6S. The second-order valence-electron chi connectivity index (χ2n) is 12.4. The number of piperazine rings is 1. The van der Waals surface area contributed by atoms with Gasteiger partial charge in [-0.2, -0.15) is 0 Å². The monoisotopic (exact) mass is 644 g/mol. The standard InChI is InChI=1S/C35H40N4O6S/c1-35(2,3)45-32(41)23-37-30(34(42)39-19-17-38(18-20-39)24-25-9-5-4-6-10-25)21-27-13-14-28(40)22-31(27)46(43,44)33-29-12-8-7-11-26(29)15-16-36-33/h4-16,22,30,37,40H,17-21,23-24H2,1-3H3. The lowest BCUT2D eigenvalue weighted by molar-refractivity contribution is -0.153. The third kappa shape index (κ3) is 8.09. The van der Waals surface area contributed by atoms with Gasteiger partial charge in [0, 0.05) is 44.3 Å². The summed E-state index contributed by atoms with van der Waals surface area (Å²) in [6.45, 7) is 8.13. The van der Waals surface area contributed by atoms with Crippen LogP contribution < -0.4 is 5.32 Å². The Bertz CT molecular complexity index is 1790. The molecule has 2 N–H and O–H groups in total. The Morgan fingerprint density at radius 1 is 0.957 bits per heavy atom. The van der Waals surface area contributed by atoms with E-state index in [0.29, 0.717) is 42.5 Å². The summed E-state index contributed by atoms with van der Waals surface area (Å²) in [4.78, 5) is 34.8. The maximum absolute atomic E-state index is 14.1. The maximum Gasteiger partial charge on any atom is 0.320 e. The zero-order chi connectivity index (χ0) is 32.9. The number of esters is 1. The Labute approximate surface area is 269 Å². The maximum atomic E-state index is 14.1. The summed E-state index contributed by atoms with van der Waals surface area (Å²) >= 11 is 0. The summed E-state index contributed by atoms with van der Waals surface area (Å²) in [5.41, 5.74) is 0.794. The lowest BCUT2D eigenvalue weighted by atomic mass is 10.0. The van der Waals surface area contributed by atoms with Crippen LogP contribution in [0, 0.1) is 0 Å². The Balaban J connectivity index is 1.41. The number of carbonyl (C=O) groups excluding carboxylic acids is 2. The number of phenols is 1. The highest BCUT2D eigenvalue weighted by molar-refractivity contribution is 7.91. The molecule has 1 aromatic heterocycles. The van der Waals surface area contributed by atoms with Crippen molar-refractivity contribution in [3.05, 3.63) is 96.2 Å². The smallest absolute Gasteiger partial charge is 0.320 e. The van der Waals surface area contributed by atoms with Gasteiger partial charge in [-0.1, -0.05) is 60.7 Å². The first-order valence-corrected chi connectivity index (χ1v) is 16.8. The van der Waals surface area contributed by atoms with Crippen LogP contribution in [0.2, 0.25) is 0 Å². The molecular weight excluding hydrogens is 604 g/mol. The van der Waals surface area contributed by atoms with E-state index in [4.69, 9.17) is 4.74 Å². The first kappa shape index (κ1) is 33.1. The molecule has 11 heteroatoms. The van der Waals surface area contributed by atoms with Gasteiger partial charge in [-0.3, -0.25) is 19.8 Å². The number of hydrogen-bond donors (Lipinski definition) is 2. The number of aromatic nitrogens is 1. The Morgan fingerprint density at radius 2 is 1.65 bits per heavy atom. The van der Waals surface area contributed by atoms with Crippen molar-refractivity contribution in [1.82, 2.24) is 20.1 Å². The summed E-state index contributed by atoms with van der Waals surface area (Å²) < 4.78 is 33.7. The molecule has 0 aliphatic carbocycles. The highest BCUT2D eigenvalue weighted by atomic mass is 32.2. The van der Waals surface area contributed by atoms with Crippen LogP contribution in [-0.4, -0.2) is 84.6 Å². The molecule has 0 saturated carbocycles. The van der Waals surface area contributed by atoms with Crippen molar-refractivity contribution in [1.29, 1.82) is 0 Å². The van der Waals surface area contributed by atoms with Crippen molar-refractivity contribution < 1.29 is 27.9 Å². The van der Waals surface area contributed by atoms with E-state index in [1.807, 2.05) is 24.3 Å². The normalized spacial score (nSPS) is 15.1. The molecule has 2 heterocycles. The molecule has 0 bridgehead atoms. The fraction of sp³-hybridized carbons (Fsp3) is 0.343. The summed E-state index contributed by atoms with van der Waals surface area (Å²) in [7, 11) is -4.23. The number of fused-ring (bicyclic) bond motifs is 1. The van der Waals surface area contributed by atoms with Crippen molar-refractivity contribution in [2.75, 3.05) is 32.7 Å². The Kier molecular flexibility index (Phi) is 10.0. The third-order valence-corrected chi connectivity index (χ3v) is 9.59. The molecule has 1 aliphatic rings. The highest BCUT2D eigenvalue weighted by Crippen LogP contribution is 2.31. The van der Waals surface area contributed by atoms with Crippen LogP contribution in [0.1, 0.15) is 31.9 Å². The van der Waals surface area contributed by atoms with E-state index in [-0.39, 0.29) is 34.5 Å². The largest absolute Gasteiger partial charge is 0.508 e. The van der Waals surface area contributed by atoms with E-state index in [0.717, 1.165) is 6.54 Å². The zero-order valence-electron chi connectivity index (χ0n) is 26.3. The summed E-state index contributed by atoms with van der Waals surface area (Å²) in [6, 6.07) is 22.0. The number of nitrogens with one attached hydrogen (secondary N) is 1. The van der Waals surface area contributed by atoms with Gasteiger partial charge in [0.05, 0.1) is 17.5 Å². The van der Waals surface area contributed by atoms with Crippen molar-refractivity contribution >= 4 is 32.5 Å². The van der Waals surface area contributed by atoms with E-state index < -0.39 is 27.4 Å². The van der Waals surface area contributed by atoms with Gasteiger partial charge in [-0.05, 0) is 61.9 Å². The molecule has 1 aliphatic heterocycles. The van der Waals surface area contributed by atoms with Gasteiger partial charge in [0.15, 0.2) is 5.03 Å². The predicted molar refractivity (Wildman–Crippen MR) is 175 cm³/mol. The molecule has 46 heavy (non-hydrogen) atoms. The number of nitrogens with zero attached hydrogens (tertiary/aromatic N) is 3. The van der Waals surface area contributed by atoms with Gasteiger partial charge in [0.1, 0.15) is 11.4 Å². The minimum atomic E-state index is -4.23. The number of sulfone groups is 1. The summed E-state index contributed by atoms with van der Waals surface area (Å²) in [5, 5.41) is 14.4. The van der Waals surface area contributed by atoms with Crippen LogP contribution in [0.25, 0.3) is 10.8 Å². The van der Waals surface area contributed by atoms with E-state index in [9.17, 15) is 23.1 Å². The van der Waals surface area contributed by atoms with E-state index in [1.165, 1.54) is 30.0 Å². The minimum Gasteiger partial charge on any atom is -0.508 e. The molecule has 1 atom stereocenters. The second-order valence-corrected chi connectivity index (χ2v) is 14.3. The van der Waals surface area contributed by atoms with Crippen LogP contribution in [0.3, 0.4) is 0 Å².